The van der Waals surface area contributed by atoms with Crippen LogP contribution >= 0.6 is 22.4 Å². The van der Waals surface area contributed by atoms with Crippen molar-refractivity contribution in [2.45, 2.75) is 13.2 Å². The van der Waals surface area contributed by atoms with Gasteiger partial charge in [-0.3, -0.25) is 22.4 Å². The van der Waals surface area contributed by atoms with Crippen molar-refractivity contribution in [3.8, 4) is 0 Å². The van der Waals surface area contributed by atoms with Crippen LogP contribution in [-0.4, -0.2) is 3.85 Å². The first-order valence-electron chi connectivity index (χ1n) is 1.90. The Labute approximate surface area is 69.1 Å². The molecule has 0 heterocycles. The summed E-state index contributed by atoms with van der Waals surface area (Å²) in [6.07, 6.45) is 1.11. The lowest BCUT2D eigenvalue weighted by Gasteiger charge is -2.03. The van der Waals surface area contributed by atoms with Crippen molar-refractivity contribution < 1.29 is 0 Å². The quantitative estimate of drug-likeness (QED) is 0.420. The van der Waals surface area contributed by atoms with Gasteiger partial charge in [0, 0.05) is 0 Å². The molecular weight excluding hydrogens is 258 g/mol. The van der Waals surface area contributed by atoms with Gasteiger partial charge in [0.05, 0.1) is 0 Å². The van der Waals surface area contributed by atoms with Gasteiger partial charge in [-0.2, -0.15) is 22.4 Å². The summed E-state index contributed by atoms with van der Waals surface area (Å²) in [6.45, 7) is 2.11. The summed E-state index contributed by atoms with van der Waals surface area (Å²) < 4.78 is 0.530. The monoisotopic (exact) mass is 263 g/mol. The molecule has 0 unspecified atom stereocenters. The van der Waals surface area contributed by atoms with E-state index in [1.807, 2.05) is 0 Å². The van der Waals surface area contributed by atoms with Crippen molar-refractivity contribution in [3.63, 3.8) is 0 Å². The highest BCUT2D eigenvalue weighted by Crippen LogP contribution is 2.00. The first kappa shape index (κ1) is 8.58. The van der Waals surface area contributed by atoms with Crippen molar-refractivity contribution in [3.05, 3.63) is 0 Å². The smallest absolute Gasteiger partial charge is 0.122 e. The maximum absolute atomic E-state index is 4.84. The van der Waals surface area contributed by atoms with Gasteiger partial charge in [0.2, 0.25) is 0 Å². The van der Waals surface area contributed by atoms with Crippen molar-refractivity contribution in [2.75, 3.05) is 0 Å². The van der Waals surface area contributed by atoms with E-state index in [1.54, 1.807) is 0 Å². The van der Waals surface area contributed by atoms with Gasteiger partial charge in [0.25, 0.3) is 0 Å². The molecule has 0 aliphatic carbocycles. The van der Waals surface area contributed by atoms with E-state index in [4.69, 9.17) is 22.4 Å². The third-order valence-corrected chi connectivity index (χ3v) is 7.15. The summed E-state index contributed by atoms with van der Waals surface area (Å²) in [4.78, 5) is 0. The zero-order chi connectivity index (χ0) is 5.86. The molecule has 0 aromatic heterocycles. The van der Waals surface area contributed by atoms with Gasteiger partial charge in [-0.15, -0.1) is 0 Å². The van der Waals surface area contributed by atoms with Crippen LogP contribution in [0.3, 0.4) is 0 Å². The standard InChI is InChI=1S/C2H5BIS3/c1-2-3(4)7(5)6/h2H2,1H3/q-1. The molecule has 0 fully saturated rings. The summed E-state index contributed by atoms with van der Waals surface area (Å²) in [5.41, 5.74) is 0. The summed E-state index contributed by atoms with van der Waals surface area (Å²) in [7, 11) is -0.207. The highest BCUT2D eigenvalue weighted by molar-refractivity contribution is 14.1. The molecule has 0 N–H and O–H groups in total. The van der Waals surface area contributed by atoms with E-state index in [9.17, 15) is 0 Å². The molecule has 0 aromatic carbocycles. The summed E-state index contributed by atoms with van der Waals surface area (Å²) in [5, 5.41) is 0. The Bertz CT molecular complexity index is 102. The van der Waals surface area contributed by atoms with Crippen LogP contribution in [0.15, 0.2) is 0 Å². The van der Waals surface area contributed by atoms with E-state index >= 15 is 0 Å². The molecule has 5 heteroatoms. The predicted molar refractivity (Wildman–Crippen MR) is 52.4 cm³/mol. The van der Waals surface area contributed by atoms with Crippen LogP contribution in [0.1, 0.15) is 6.92 Å². The van der Waals surface area contributed by atoms with Gasteiger partial charge in [-0.1, -0.05) is 13.2 Å². The zero-order valence-electron chi connectivity index (χ0n) is 3.89. The van der Waals surface area contributed by atoms with E-state index in [0.29, 0.717) is 3.85 Å². The number of hydrogen-bond donors (Lipinski definition) is 0. The lowest BCUT2D eigenvalue weighted by molar-refractivity contribution is 1.47. The molecule has 0 nitrogen and oxygen atoms in total. The Morgan fingerprint density at radius 3 is 2.14 bits per heavy atom. The fourth-order valence-electron chi connectivity index (χ4n) is 0.136. The molecule has 0 saturated carbocycles. The molecular formula is C2H5BIS3-. The average molecular weight is 263 g/mol. The molecule has 0 radical (unpaired) electrons. The molecule has 7 heavy (non-hydrogen) atoms. The first-order valence-corrected chi connectivity index (χ1v) is 6.29. The molecule has 0 amide bonds. The van der Waals surface area contributed by atoms with Crippen molar-refractivity contribution in [2.24, 2.45) is 0 Å². The van der Waals surface area contributed by atoms with Crippen molar-refractivity contribution >= 4 is 56.5 Å². The minimum absolute atomic E-state index is 0.207. The summed E-state index contributed by atoms with van der Waals surface area (Å²) in [5.74, 6) is 0. The van der Waals surface area contributed by atoms with Gasteiger partial charge in [-0.05, 0) is 0 Å². The normalized spacial score (nSPS) is 9.57. The Hall–Kier alpha value is 1.58. The van der Waals surface area contributed by atoms with E-state index in [1.165, 1.54) is 0 Å². The van der Waals surface area contributed by atoms with Gasteiger partial charge < -0.3 is 7.86 Å². The maximum Gasteiger partial charge on any atom is 0.122 e. The molecule has 0 atom stereocenters. The van der Waals surface area contributed by atoms with Crippen LogP contribution in [-0.2, 0) is 30.2 Å². The van der Waals surface area contributed by atoms with Gasteiger partial charge in [0.1, 0.15) is 3.85 Å². The van der Waals surface area contributed by atoms with E-state index in [2.05, 4.69) is 29.3 Å². The zero-order valence-corrected chi connectivity index (χ0v) is 8.49. The second-order valence-electron chi connectivity index (χ2n) is 1.08. The molecule has 42 valence electrons. The topological polar surface area (TPSA) is 0 Å². The van der Waals surface area contributed by atoms with Crippen LogP contribution in [0.5, 0.6) is 0 Å². The van der Waals surface area contributed by atoms with Crippen LogP contribution in [0.25, 0.3) is 0 Å². The molecule has 0 aliphatic rings. The minimum Gasteiger partial charge on any atom is -0.359 e. The van der Waals surface area contributed by atoms with Crippen molar-refractivity contribution in [1.82, 2.24) is 0 Å². The lowest BCUT2D eigenvalue weighted by Crippen LogP contribution is -1.98. The number of hydrogen-bond acceptors (Lipinski definition) is 3. The van der Waals surface area contributed by atoms with Crippen LogP contribution in [0, 0.1) is 0 Å². The Kier molecular flexibility index (Phi) is 5.47. The Balaban J connectivity index is 3.57. The molecule has 0 aliphatic heterocycles. The predicted octanol–water partition coefficient (Wildman–Crippen LogP) is 1.47. The highest BCUT2D eigenvalue weighted by Gasteiger charge is 1.87. The first-order chi connectivity index (χ1) is 3.18. The van der Waals surface area contributed by atoms with E-state index in [0.717, 1.165) is 6.32 Å². The highest BCUT2D eigenvalue weighted by atomic mass is 127. The average Bonchev–Trinajstić information content (AvgIpc) is 1.65. The summed E-state index contributed by atoms with van der Waals surface area (Å²) in [6, 6.07) is 0. The fraction of sp³-hybridized carbons (Fsp3) is 1.00. The minimum atomic E-state index is -0.207. The van der Waals surface area contributed by atoms with Gasteiger partial charge in [-0.25, -0.2) is 0 Å². The summed E-state index contributed by atoms with van der Waals surface area (Å²) >= 11 is 12.0. The van der Waals surface area contributed by atoms with E-state index < -0.39 is 0 Å². The van der Waals surface area contributed by atoms with Gasteiger partial charge >= 0.3 is 0 Å². The Morgan fingerprint density at radius 2 is 2.14 bits per heavy atom. The third-order valence-electron chi connectivity index (χ3n) is 0.530. The molecule has 0 spiro atoms. The number of rotatable bonds is 2. The molecule has 0 rings (SSSR count). The Morgan fingerprint density at radius 1 is 1.71 bits per heavy atom. The van der Waals surface area contributed by atoms with E-state index in [-0.39, 0.29) is 7.86 Å². The van der Waals surface area contributed by atoms with Crippen LogP contribution in [0.4, 0.5) is 0 Å². The molecule has 0 saturated heterocycles. The van der Waals surface area contributed by atoms with Crippen LogP contribution in [0.2, 0.25) is 6.32 Å². The maximum atomic E-state index is 4.84. The fourth-order valence-corrected chi connectivity index (χ4v) is 1.22. The third kappa shape index (κ3) is 4.11. The van der Waals surface area contributed by atoms with Gasteiger partial charge in [0.15, 0.2) is 0 Å². The SMILES string of the molecule is CCB(I)[S-](=S)=S. The van der Waals surface area contributed by atoms with Crippen molar-refractivity contribution in [1.29, 1.82) is 0 Å². The molecule has 0 aromatic rings. The van der Waals surface area contributed by atoms with Crippen LogP contribution < -0.4 is 0 Å². The molecule has 0 bridgehead atoms. The second kappa shape index (κ2) is 4.46. The number of halogens is 1. The second-order valence-corrected chi connectivity index (χ2v) is 7.31. The lowest BCUT2D eigenvalue weighted by atomic mass is 10.1. The largest absolute Gasteiger partial charge is 0.359 e.